The number of hydrogen-bond donors (Lipinski definition) is 1. The molecule has 0 amide bonds. The van der Waals surface area contributed by atoms with Crippen molar-refractivity contribution in [3.63, 3.8) is 0 Å². The molecule has 2 N–H and O–H groups in total. The van der Waals surface area contributed by atoms with Gasteiger partial charge >= 0.3 is 0 Å². The summed E-state index contributed by atoms with van der Waals surface area (Å²) in [5.74, 6) is 1.35. The first-order chi connectivity index (χ1) is 15.0. The van der Waals surface area contributed by atoms with Crippen molar-refractivity contribution in [1.29, 1.82) is 5.26 Å². The number of nitrogen functional groups attached to an aromatic ring is 1. The molecule has 7 heteroatoms. The number of anilines is 1. The van der Waals surface area contributed by atoms with E-state index in [0.717, 1.165) is 22.3 Å². The first kappa shape index (κ1) is 20.5. The number of halogens is 1. The molecular formula is C24H19ClN4O2. The number of aromatic nitrogens is 2. The van der Waals surface area contributed by atoms with Gasteiger partial charge in [-0.15, -0.1) is 5.10 Å². The normalized spacial score (nSPS) is 10.6. The van der Waals surface area contributed by atoms with E-state index >= 15 is 0 Å². The first-order valence-corrected chi connectivity index (χ1v) is 9.88. The Morgan fingerprint density at radius 2 is 1.77 bits per heavy atom. The highest BCUT2D eigenvalue weighted by atomic mass is 35.5. The highest BCUT2D eigenvalue weighted by Gasteiger charge is 2.17. The van der Waals surface area contributed by atoms with Crippen LogP contribution >= 0.6 is 11.6 Å². The maximum atomic E-state index is 9.49. The van der Waals surface area contributed by atoms with Gasteiger partial charge in [0.1, 0.15) is 23.3 Å². The molecule has 0 aliphatic heterocycles. The zero-order chi connectivity index (χ0) is 22.0. The fourth-order valence-electron chi connectivity index (χ4n) is 3.54. The van der Waals surface area contributed by atoms with Gasteiger partial charge in [0.15, 0.2) is 0 Å². The second-order valence-electron chi connectivity index (χ2n) is 6.93. The van der Waals surface area contributed by atoms with Crippen LogP contribution in [0.15, 0.2) is 54.6 Å². The summed E-state index contributed by atoms with van der Waals surface area (Å²) in [6.45, 7) is 0. The fraction of sp³-hybridized carbons (Fsp3) is 0.125. The van der Waals surface area contributed by atoms with Crippen LogP contribution in [-0.2, 0) is 6.42 Å². The summed E-state index contributed by atoms with van der Waals surface area (Å²) >= 11 is 6.28. The van der Waals surface area contributed by atoms with Crippen LogP contribution < -0.4 is 15.2 Å². The Balaban J connectivity index is 1.88. The molecule has 0 radical (unpaired) electrons. The third-order valence-electron chi connectivity index (χ3n) is 5.13. The van der Waals surface area contributed by atoms with Crippen LogP contribution in [0.3, 0.4) is 0 Å². The van der Waals surface area contributed by atoms with Crippen LogP contribution in [-0.4, -0.2) is 24.4 Å². The smallest absolute Gasteiger partial charge is 0.137 e. The third kappa shape index (κ3) is 3.83. The maximum Gasteiger partial charge on any atom is 0.137 e. The molecule has 0 spiro atoms. The van der Waals surface area contributed by atoms with E-state index in [1.165, 1.54) is 0 Å². The Morgan fingerprint density at radius 3 is 2.42 bits per heavy atom. The Morgan fingerprint density at radius 1 is 1.00 bits per heavy atom. The minimum absolute atomic E-state index is 0.388. The average Bonchev–Trinajstić information content (AvgIpc) is 2.79. The van der Waals surface area contributed by atoms with Crippen LogP contribution in [0.2, 0.25) is 5.02 Å². The van der Waals surface area contributed by atoms with Crippen molar-refractivity contribution in [2.24, 2.45) is 0 Å². The summed E-state index contributed by atoms with van der Waals surface area (Å²) < 4.78 is 10.5. The van der Waals surface area contributed by atoms with Crippen molar-refractivity contribution >= 4 is 28.1 Å². The predicted octanol–water partition coefficient (Wildman–Crippen LogP) is 5.01. The SMILES string of the molecule is COc1ccc(-c2nnc(Cc3ccc(OC)c(Cl)c3)c3c(N)c(C#N)ccc23)cc1. The van der Waals surface area contributed by atoms with Gasteiger partial charge in [-0.25, -0.2) is 0 Å². The summed E-state index contributed by atoms with van der Waals surface area (Å²) in [6.07, 6.45) is 0.454. The van der Waals surface area contributed by atoms with Gasteiger partial charge < -0.3 is 15.2 Å². The van der Waals surface area contributed by atoms with E-state index in [0.29, 0.717) is 45.2 Å². The molecule has 0 atom stereocenters. The van der Waals surface area contributed by atoms with Crippen molar-refractivity contribution in [3.05, 3.63) is 76.4 Å². The average molecular weight is 431 g/mol. The molecule has 0 fully saturated rings. The molecule has 6 nitrogen and oxygen atoms in total. The molecule has 4 rings (SSSR count). The standard InChI is InChI=1S/C24H19ClN4O2/c1-30-17-7-4-15(5-8-17)24-18-9-6-16(13-26)23(27)22(18)20(28-29-24)12-14-3-10-21(31-2)19(25)11-14/h3-11H,12,27H2,1-2H3. The summed E-state index contributed by atoms with van der Waals surface area (Å²) in [7, 11) is 3.19. The van der Waals surface area contributed by atoms with Crippen LogP contribution in [0.1, 0.15) is 16.8 Å². The Labute approximate surface area is 184 Å². The lowest BCUT2D eigenvalue weighted by molar-refractivity contribution is 0.415. The Kier molecular flexibility index (Phi) is 5.61. The fourth-order valence-corrected chi connectivity index (χ4v) is 3.82. The molecule has 0 bridgehead atoms. The molecule has 0 aliphatic carbocycles. The number of nitrogens with two attached hydrogens (primary N) is 1. The third-order valence-corrected chi connectivity index (χ3v) is 5.43. The summed E-state index contributed by atoms with van der Waals surface area (Å²) in [5.41, 5.74) is 10.3. The largest absolute Gasteiger partial charge is 0.497 e. The number of ether oxygens (including phenoxy) is 2. The molecule has 31 heavy (non-hydrogen) atoms. The van der Waals surface area contributed by atoms with Crippen molar-refractivity contribution in [2.45, 2.75) is 6.42 Å². The van der Waals surface area contributed by atoms with Gasteiger partial charge in [-0.3, -0.25) is 0 Å². The minimum atomic E-state index is 0.388. The van der Waals surface area contributed by atoms with Gasteiger partial charge in [0, 0.05) is 22.8 Å². The van der Waals surface area contributed by atoms with Crippen LogP contribution in [0, 0.1) is 11.3 Å². The second-order valence-corrected chi connectivity index (χ2v) is 7.34. The predicted molar refractivity (Wildman–Crippen MR) is 121 cm³/mol. The molecule has 3 aromatic carbocycles. The van der Waals surface area contributed by atoms with E-state index in [9.17, 15) is 5.26 Å². The van der Waals surface area contributed by atoms with Gasteiger partial charge in [0.05, 0.1) is 36.2 Å². The molecule has 0 aliphatic rings. The van der Waals surface area contributed by atoms with Crippen molar-refractivity contribution in [2.75, 3.05) is 20.0 Å². The van der Waals surface area contributed by atoms with Crippen molar-refractivity contribution in [1.82, 2.24) is 10.2 Å². The number of methoxy groups -OCH3 is 2. The van der Waals surface area contributed by atoms with Crippen molar-refractivity contribution < 1.29 is 9.47 Å². The lowest BCUT2D eigenvalue weighted by atomic mass is 9.97. The number of rotatable bonds is 5. The van der Waals surface area contributed by atoms with E-state index < -0.39 is 0 Å². The molecule has 0 saturated carbocycles. The van der Waals surface area contributed by atoms with E-state index in [2.05, 4.69) is 16.3 Å². The molecule has 1 aromatic heterocycles. The van der Waals surface area contributed by atoms with Gasteiger partial charge in [-0.1, -0.05) is 23.7 Å². The van der Waals surface area contributed by atoms with Gasteiger partial charge in [0.25, 0.3) is 0 Å². The van der Waals surface area contributed by atoms with E-state index in [4.69, 9.17) is 26.8 Å². The lowest BCUT2D eigenvalue weighted by Gasteiger charge is -2.13. The highest BCUT2D eigenvalue weighted by Crippen LogP contribution is 2.35. The van der Waals surface area contributed by atoms with E-state index in [-0.39, 0.29) is 0 Å². The molecule has 0 saturated heterocycles. The summed E-state index contributed by atoms with van der Waals surface area (Å²) in [5, 5.41) is 20.5. The topological polar surface area (TPSA) is 94.1 Å². The zero-order valence-corrected chi connectivity index (χ0v) is 17.8. The monoisotopic (exact) mass is 430 g/mol. The van der Waals surface area contributed by atoms with Crippen LogP contribution in [0.25, 0.3) is 22.0 Å². The van der Waals surface area contributed by atoms with Crippen molar-refractivity contribution in [3.8, 4) is 28.8 Å². The Bertz CT molecular complexity index is 1310. The highest BCUT2D eigenvalue weighted by molar-refractivity contribution is 6.32. The summed E-state index contributed by atoms with van der Waals surface area (Å²) in [4.78, 5) is 0. The lowest BCUT2D eigenvalue weighted by Crippen LogP contribution is -2.03. The zero-order valence-electron chi connectivity index (χ0n) is 17.0. The van der Waals surface area contributed by atoms with E-state index in [1.807, 2.05) is 48.5 Å². The summed E-state index contributed by atoms with van der Waals surface area (Å²) in [6, 6.07) is 18.8. The number of nitrogens with zero attached hydrogens (tertiary/aromatic N) is 3. The van der Waals surface area contributed by atoms with E-state index in [1.54, 1.807) is 20.3 Å². The second kappa shape index (κ2) is 8.50. The van der Waals surface area contributed by atoms with Gasteiger partial charge in [0.2, 0.25) is 0 Å². The Hall–Kier alpha value is -3.82. The molecule has 154 valence electrons. The van der Waals surface area contributed by atoms with Crippen LogP contribution in [0.5, 0.6) is 11.5 Å². The van der Waals surface area contributed by atoms with Gasteiger partial charge in [-0.05, 0) is 48.0 Å². The van der Waals surface area contributed by atoms with Gasteiger partial charge in [-0.2, -0.15) is 10.4 Å². The molecule has 0 unspecified atom stereocenters. The number of hydrogen-bond acceptors (Lipinski definition) is 6. The molecular weight excluding hydrogens is 412 g/mol. The maximum absolute atomic E-state index is 9.49. The number of fused-ring (bicyclic) bond motifs is 1. The molecule has 4 aromatic rings. The van der Waals surface area contributed by atoms with Crippen LogP contribution in [0.4, 0.5) is 5.69 Å². The first-order valence-electron chi connectivity index (χ1n) is 9.50. The number of nitriles is 1. The molecule has 1 heterocycles. The quantitative estimate of drug-likeness (QED) is 0.447. The minimum Gasteiger partial charge on any atom is -0.497 e. The number of benzene rings is 3.